The van der Waals surface area contributed by atoms with Gasteiger partial charge in [-0.05, 0) is 44.9 Å². The van der Waals surface area contributed by atoms with Gasteiger partial charge in [-0.1, -0.05) is 31.0 Å². The van der Waals surface area contributed by atoms with E-state index in [-0.39, 0.29) is 23.1 Å². The summed E-state index contributed by atoms with van der Waals surface area (Å²) in [4.78, 5) is 39.8. The molecule has 0 bridgehead atoms. The van der Waals surface area contributed by atoms with E-state index in [1.54, 1.807) is 24.1 Å². The molecule has 6 nitrogen and oxygen atoms in total. The zero-order valence-electron chi connectivity index (χ0n) is 17.3. The predicted octanol–water partition coefficient (Wildman–Crippen LogP) is 3.52. The van der Waals surface area contributed by atoms with Crippen LogP contribution in [0.4, 0.5) is 5.69 Å². The lowest BCUT2D eigenvalue weighted by Crippen LogP contribution is -2.34. The minimum absolute atomic E-state index is 0.102. The van der Waals surface area contributed by atoms with Gasteiger partial charge in [0.1, 0.15) is 5.69 Å². The summed E-state index contributed by atoms with van der Waals surface area (Å²) in [5.74, 6) is -0.506. The molecule has 2 rings (SSSR count). The van der Waals surface area contributed by atoms with Crippen molar-refractivity contribution in [1.29, 1.82) is 0 Å². The number of amides is 2. The molecule has 28 heavy (non-hydrogen) atoms. The Morgan fingerprint density at radius 3 is 2.07 bits per heavy atom. The van der Waals surface area contributed by atoms with Crippen LogP contribution >= 0.6 is 0 Å². The third kappa shape index (κ3) is 5.09. The van der Waals surface area contributed by atoms with Crippen LogP contribution in [-0.4, -0.2) is 34.4 Å². The SMILES string of the molecule is CCCN(CCC)C(=O)c1cc(NC(=O)c2cc(C)cc(C)c2)c(=O)n(C)c1. The van der Waals surface area contributed by atoms with Gasteiger partial charge in [0.25, 0.3) is 17.4 Å². The second kappa shape index (κ2) is 9.35. The molecule has 0 radical (unpaired) electrons. The number of carbonyl (C=O) groups is 2. The van der Waals surface area contributed by atoms with Gasteiger partial charge in [0.05, 0.1) is 5.56 Å². The lowest BCUT2D eigenvalue weighted by atomic mass is 10.1. The number of rotatable bonds is 7. The van der Waals surface area contributed by atoms with Gasteiger partial charge in [-0.2, -0.15) is 0 Å². The first-order chi connectivity index (χ1) is 13.3. The summed E-state index contributed by atoms with van der Waals surface area (Å²) in [7, 11) is 1.58. The minimum atomic E-state index is -0.368. The van der Waals surface area contributed by atoms with Crippen LogP contribution in [0.3, 0.4) is 0 Å². The van der Waals surface area contributed by atoms with Crippen LogP contribution in [-0.2, 0) is 7.05 Å². The fourth-order valence-electron chi connectivity index (χ4n) is 3.26. The predicted molar refractivity (Wildman–Crippen MR) is 112 cm³/mol. The van der Waals surface area contributed by atoms with Gasteiger partial charge in [-0.25, -0.2) is 0 Å². The summed E-state index contributed by atoms with van der Waals surface area (Å²) < 4.78 is 1.33. The van der Waals surface area contributed by atoms with E-state index in [4.69, 9.17) is 0 Å². The van der Waals surface area contributed by atoms with Crippen LogP contribution in [0.15, 0.2) is 35.3 Å². The molecule has 0 spiro atoms. The number of benzene rings is 1. The topological polar surface area (TPSA) is 71.4 Å². The van der Waals surface area contributed by atoms with Crippen molar-refractivity contribution >= 4 is 17.5 Å². The molecule has 1 heterocycles. The Balaban J connectivity index is 2.36. The van der Waals surface area contributed by atoms with Crippen LogP contribution in [0, 0.1) is 13.8 Å². The normalized spacial score (nSPS) is 10.6. The molecule has 0 aliphatic heterocycles. The summed E-state index contributed by atoms with van der Waals surface area (Å²) in [6.45, 7) is 9.17. The number of nitrogens with one attached hydrogen (secondary N) is 1. The molecule has 2 aromatic rings. The molecule has 150 valence electrons. The Morgan fingerprint density at radius 1 is 0.964 bits per heavy atom. The molecular formula is C22H29N3O3. The lowest BCUT2D eigenvalue weighted by molar-refractivity contribution is 0.0754. The van der Waals surface area contributed by atoms with Crippen molar-refractivity contribution in [2.24, 2.45) is 7.05 Å². The van der Waals surface area contributed by atoms with E-state index in [9.17, 15) is 14.4 Å². The number of nitrogens with zero attached hydrogens (tertiary/aromatic N) is 2. The molecule has 0 aliphatic carbocycles. The van der Waals surface area contributed by atoms with E-state index < -0.39 is 0 Å². The van der Waals surface area contributed by atoms with Crippen molar-refractivity contribution in [1.82, 2.24) is 9.47 Å². The quantitative estimate of drug-likeness (QED) is 0.795. The molecule has 6 heteroatoms. The third-order valence-corrected chi connectivity index (χ3v) is 4.44. The second-order valence-corrected chi connectivity index (χ2v) is 7.18. The van der Waals surface area contributed by atoms with Crippen LogP contribution in [0.5, 0.6) is 0 Å². The summed E-state index contributed by atoms with van der Waals surface area (Å²) in [5.41, 5.74) is 2.56. The van der Waals surface area contributed by atoms with Crippen molar-refractivity contribution < 1.29 is 9.59 Å². The van der Waals surface area contributed by atoms with E-state index >= 15 is 0 Å². The average molecular weight is 383 g/mol. The first-order valence-corrected chi connectivity index (χ1v) is 9.66. The van der Waals surface area contributed by atoms with E-state index in [2.05, 4.69) is 5.32 Å². The zero-order chi connectivity index (χ0) is 20.8. The number of carbonyl (C=O) groups excluding carboxylic acids is 2. The molecule has 0 fully saturated rings. The fourth-order valence-corrected chi connectivity index (χ4v) is 3.26. The van der Waals surface area contributed by atoms with Crippen molar-refractivity contribution in [3.05, 3.63) is 63.1 Å². The largest absolute Gasteiger partial charge is 0.339 e. The molecule has 1 aromatic heterocycles. The molecule has 2 amide bonds. The van der Waals surface area contributed by atoms with E-state index in [1.807, 2.05) is 33.8 Å². The van der Waals surface area contributed by atoms with E-state index in [1.165, 1.54) is 16.8 Å². The Morgan fingerprint density at radius 2 is 1.54 bits per heavy atom. The maximum Gasteiger partial charge on any atom is 0.274 e. The summed E-state index contributed by atoms with van der Waals surface area (Å²) in [5, 5.41) is 2.68. The monoisotopic (exact) mass is 383 g/mol. The van der Waals surface area contributed by atoms with Crippen LogP contribution in [0.25, 0.3) is 0 Å². The van der Waals surface area contributed by atoms with E-state index in [0.717, 1.165) is 24.0 Å². The highest BCUT2D eigenvalue weighted by Crippen LogP contribution is 2.13. The molecule has 0 saturated carbocycles. The highest BCUT2D eigenvalue weighted by molar-refractivity contribution is 6.05. The standard InChI is InChI=1S/C22H29N3O3/c1-6-8-25(9-7-2)21(27)18-13-19(22(28)24(5)14-18)23-20(26)17-11-15(3)10-16(4)12-17/h10-14H,6-9H2,1-5H3,(H,23,26). The summed E-state index contributed by atoms with van der Waals surface area (Å²) in [6.07, 6.45) is 3.23. The van der Waals surface area contributed by atoms with Gasteiger partial charge in [-0.3, -0.25) is 14.4 Å². The number of aryl methyl sites for hydroxylation is 3. The number of aromatic nitrogens is 1. The second-order valence-electron chi connectivity index (χ2n) is 7.18. The zero-order valence-corrected chi connectivity index (χ0v) is 17.3. The highest BCUT2D eigenvalue weighted by atomic mass is 16.2. The van der Waals surface area contributed by atoms with Crippen molar-refractivity contribution in [2.45, 2.75) is 40.5 Å². The van der Waals surface area contributed by atoms with Crippen molar-refractivity contribution in [3.63, 3.8) is 0 Å². The van der Waals surface area contributed by atoms with E-state index in [0.29, 0.717) is 24.2 Å². The lowest BCUT2D eigenvalue weighted by Gasteiger charge is -2.22. The van der Waals surface area contributed by atoms with Gasteiger partial charge in [0.15, 0.2) is 0 Å². The number of pyridine rings is 1. The van der Waals surface area contributed by atoms with Gasteiger partial charge in [0, 0.05) is 31.9 Å². The summed E-state index contributed by atoms with van der Waals surface area (Å²) >= 11 is 0. The first-order valence-electron chi connectivity index (χ1n) is 9.66. The maximum atomic E-state index is 12.9. The Kier molecular flexibility index (Phi) is 7.15. The Labute approximate surface area is 166 Å². The van der Waals surface area contributed by atoms with Crippen LogP contribution in [0.2, 0.25) is 0 Å². The number of hydrogen-bond donors (Lipinski definition) is 1. The Bertz CT molecular complexity index is 905. The fraction of sp³-hybridized carbons (Fsp3) is 0.409. The molecule has 1 N–H and O–H groups in total. The van der Waals surface area contributed by atoms with Gasteiger partial charge in [-0.15, -0.1) is 0 Å². The molecular weight excluding hydrogens is 354 g/mol. The molecule has 0 unspecified atom stereocenters. The van der Waals surface area contributed by atoms with Crippen LogP contribution < -0.4 is 10.9 Å². The molecule has 1 aromatic carbocycles. The van der Waals surface area contributed by atoms with Crippen molar-refractivity contribution in [3.8, 4) is 0 Å². The van der Waals surface area contributed by atoms with Gasteiger partial charge >= 0.3 is 0 Å². The third-order valence-electron chi connectivity index (χ3n) is 4.44. The smallest absolute Gasteiger partial charge is 0.274 e. The number of hydrogen-bond acceptors (Lipinski definition) is 3. The van der Waals surface area contributed by atoms with Crippen LogP contribution in [0.1, 0.15) is 58.5 Å². The molecule has 0 aliphatic rings. The van der Waals surface area contributed by atoms with Gasteiger partial charge in [0.2, 0.25) is 0 Å². The average Bonchev–Trinajstić information content (AvgIpc) is 2.63. The molecule has 0 atom stereocenters. The molecule has 0 saturated heterocycles. The van der Waals surface area contributed by atoms with Crippen molar-refractivity contribution in [2.75, 3.05) is 18.4 Å². The Hall–Kier alpha value is -2.89. The number of anilines is 1. The maximum absolute atomic E-state index is 12.9. The van der Waals surface area contributed by atoms with Gasteiger partial charge < -0.3 is 14.8 Å². The highest BCUT2D eigenvalue weighted by Gasteiger charge is 2.18. The first kappa shape index (κ1) is 21.4. The minimum Gasteiger partial charge on any atom is -0.339 e. The summed E-state index contributed by atoms with van der Waals surface area (Å²) in [6, 6.07) is 6.99.